The van der Waals surface area contributed by atoms with Crippen molar-refractivity contribution in [2.45, 2.75) is 19.8 Å². The Balaban J connectivity index is 2.19. The van der Waals surface area contributed by atoms with Crippen molar-refractivity contribution in [2.75, 3.05) is 18.1 Å². The van der Waals surface area contributed by atoms with Crippen molar-refractivity contribution in [3.05, 3.63) is 42.2 Å². The molecule has 1 aliphatic heterocycles. The van der Waals surface area contributed by atoms with E-state index in [0.29, 0.717) is 18.9 Å². The lowest BCUT2D eigenvalue weighted by Crippen LogP contribution is -2.33. The van der Waals surface area contributed by atoms with Gasteiger partial charge in [0.1, 0.15) is 0 Å². The maximum atomic E-state index is 12.3. The van der Waals surface area contributed by atoms with Gasteiger partial charge >= 0.3 is 0 Å². The van der Waals surface area contributed by atoms with Gasteiger partial charge in [-0.05, 0) is 38.0 Å². The van der Waals surface area contributed by atoms with E-state index in [9.17, 15) is 4.79 Å². The molecule has 0 spiro atoms. The highest BCUT2D eigenvalue weighted by Crippen LogP contribution is 2.18. The van der Waals surface area contributed by atoms with Crippen molar-refractivity contribution in [1.82, 2.24) is 0 Å². The van der Waals surface area contributed by atoms with Gasteiger partial charge in [0.2, 0.25) is 0 Å². The average Bonchev–Trinajstić information content (AvgIpc) is 2.42. The molecule has 0 aromatic heterocycles. The van der Waals surface area contributed by atoms with Crippen LogP contribution in [0.3, 0.4) is 0 Å². The fourth-order valence-corrected chi connectivity index (χ4v) is 1.89. The lowest BCUT2D eigenvalue weighted by Gasteiger charge is -2.23. The van der Waals surface area contributed by atoms with Crippen LogP contribution in [0.15, 0.2) is 42.2 Å². The Kier molecular flexibility index (Phi) is 3.81. The highest BCUT2D eigenvalue weighted by atomic mass is 16.5. The number of amides is 1. The van der Waals surface area contributed by atoms with Crippen molar-refractivity contribution >= 4 is 11.6 Å². The fraction of sp³-hybridized carbons (Fsp3) is 0.357. The summed E-state index contributed by atoms with van der Waals surface area (Å²) in [5.74, 6) is 0.445. The van der Waals surface area contributed by atoms with Gasteiger partial charge in [-0.15, -0.1) is 0 Å². The number of para-hydroxylation sites is 1. The summed E-state index contributed by atoms with van der Waals surface area (Å²) >= 11 is 0. The van der Waals surface area contributed by atoms with Crippen molar-refractivity contribution in [2.24, 2.45) is 0 Å². The van der Waals surface area contributed by atoms with E-state index in [1.165, 1.54) is 0 Å². The first-order valence-corrected chi connectivity index (χ1v) is 6.03. The number of ether oxygens (including phenoxy) is 1. The van der Waals surface area contributed by atoms with E-state index >= 15 is 0 Å². The van der Waals surface area contributed by atoms with Crippen LogP contribution in [-0.2, 0) is 9.53 Å². The van der Waals surface area contributed by atoms with E-state index in [4.69, 9.17) is 4.74 Å². The van der Waals surface area contributed by atoms with Gasteiger partial charge in [0.15, 0.2) is 5.76 Å². The zero-order valence-corrected chi connectivity index (χ0v) is 10.1. The van der Waals surface area contributed by atoms with Crippen molar-refractivity contribution < 1.29 is 9.53 Å². The van der Waals surface area contributed by atoms with Crippen LogP contribution in [0.4, 0.5) is 5.69 Å². The number of anilines is 1. The lowest BCUT2D eigenvalue weighted by molar-refractivity contribution is -0.118. The Morgan fingerprint density at radius 1 is 1.35 bits per heavy atom. The van der Waals surface area contributed by atoms with Gasteiger partial charge in [-0.1, -0.05) is 18.2 Å². The molecule has 0 atom stereocenters. The molecule has 1 aliphatic rings. The largest absolute Gasteiger partial charge is 0.488 e. The number of hydrogen-bond donors (Lipinski definition) is 0. The van der Waals surface area contributed by atoms with Crippen LogP contribution in [-0.4, -0.2) is 19.1 Å². The molecule has 3 nitrogen and oxygen atoms in total. The summed E-state index contributed by atoms with van der Waals surface area (Å²) in [5, 5.41) is 0. The summed E-state index contributed by atoms with van der Waals surface area (Å²) in [6.45, 7) is 3.25. The second kappa shape index (κ2) is 5.53. The summed E-state index contributed by atoms with van der Waals surface area (Å²) in [5.41, 5.74) is 0.912. The molecule has 0 saturated carbocycles. The minimum absolute atomic E-state index is 0.0431. The van der Waals surface area contributed by atoms with Gasteiger partial charge in [0.25, 0.3) is 5.91 Å². The predicted octanol–water partition coefficient (Wildman–Crippen LogP) is 2.73. The summed E-state index contributed by atoms with van der Waals surface area (Å²) in [6.07, 6.45) is 3.80. The molecular weight excluding hydrogens is 214 g/mol. The first-order chi connectivity index (χ1) is 8.33. The van der Waals surface area contributed by atoms with Gasteiger partial charge in [0, 0.05) is 12.2 Å². The number of carbonyl (C=O) groups is 1. The molecule has 1 aromatic rings. The van der Waals surface area contributed by atoms with Gasteiger partial charge in [-0.3, -0.25) is 4.79 Å². The summed E-state index contributed by atoms with van der Waals surface area (Å²) in [6, 6.07) is 9.68. The van der Waals surface area contributed by atoms with Crippen LogP contribution < -0.4 is 4.90 Å². The second-order valence-corrected chi connectivity index (χ2v) is 3.94. The minimum Gasteiger partial charge on any atom is -0.488 e. The fourth-order valence-electron chi connectivity index (χ4n) is 1.89. The molecule has 0 radical (unpaired) electrons. The molecule has 0 N–H and O–H groups in total. The molecule has 0 bridgehead atoms. The van der Waals surface area contributed by atoms with Crippen LogP contribution in [0.1, 0.15) is 19.8 Å². The van der Waals surface area contributed by atoms with Gasteiger partial charge in [0.05, 0.1) is 6.61 Å². The molecule has 0 unspecified atom stereocenters. The minimum atomic E-state index is -0.0431. The molecule has 1 amide bonds. The lowest BCUT2D eigenvalue weighted by atomic mass is 10.2. The molecule has 17 heavy (non-hydrogen) atoms. The third-order valence-electron chi connectivity index (χ3n) is 2.78. The normalized spacial score (nSPS) is 14.8. The van der Waals surface area contributed by atoms with E-state index in [0.717, 1.165) is 18.5 Å². The number of carbonyl (C=O) groups excluding carboxylic acids is 1. The number of hydrogen-bond acceptors (Lipinski definition) is 2. The Morgan fingerprint density at radius 3 is 2.71 bits per heavy atom. The molecule has 90 valence electrons. The first-order valence-electron chi connectivity index (χ1n) is 6.03. The predicted molar refractivity (Wildman–Crippen MR) is 67.7 cm³/mol. The number of nitrogens with zero attached hydrogens (tertiary/aromatic N) is 1. The number of rotatable bonds is 3. The number of allylic oxidation sites excluding steroid dienone is 1. The Bertz CT molecular complexity index is 411. The first kappa shape index (κ1) is 11.7. The van der Waals surface area contributed by atoms with Crippen LogP contribution in [0.5, 0.6) is 0 Å². The highest BCUT2D eigenvalue weighted by Gasteiger charge is 2.20. The smallest absolute Gasteiger partial charge is 0.292 e. The Morgan fingerprint density at radius 2 is 2.12 bits per heavy atom. The maximum Gasteiger partial charge on any atom is 0.292 e. The molecular formula is C14H17NO2. The molecule has 0 aliphatic carbocycles. The molecule has 0 fully saturated rings. The molecule has 1 aromatic carbocycles. The molecule has 1 heterocycles. The van der Waals surface area contributed by atoms with Crippen LogP contribution in [0.25, 0.3) is 0 Å². The van der Waals surface area contributed by atoms with Crippen molar-refractivity contribution in [3.63, 3.8) is 0 Å². The van der Waals surface area contributed by atoms with Crippen molar-refractivity contribution in [1.29, 1.82) is 0 Å². The number of likely N-dealkylation sites (N-methyl/N-ethyl adjacent to an activating group) is 1. The topological polar surface area (TPSA) is 29.5 Å². The zero-order chi connectivity index (χ0) is 12.1. The van der Waals surface area contributed by atoms with Gasteiger partial charge in [-0.25, -0.2) is 0 Å². The van der Waals surface area contributed by atoms with E-state index in [1.54, 1.807) is 4.90 Å². The summed E-state index contributed by atoms with van der Waals surface area (Å²) in [7, 11) is 0. The number of benzene rings is 1. The molecule has 0 saturated heterocycles. The average molecular weight is 231 g/mol. The molecule has 2 rings (SSSR count). The van der Waals surface area contributed by atoms with E-state index in [-0.39, 0.29) is 5.91 Å². The Labute approximate surface area is 102 Å². The SMILES string of the molecule is CCN(C(=O)C1=CCCCO1)c1ccccc1. The van der Waals surface area contributed by atoms with Crippen LogP contribution in [0.2, 0.25) is 0 Å². The highest BCUT2D eigenvalue weighted by molar-refractivity contribution is 6.04. The zero-order valence-electron chi connectivity index (χ0n) is 10.1. The maximum absolute atomic E-state index is 12.3. The standard InChI is InChI=1S/C14H17NO2/c1-2-15(12-8-4-3-5-9-12)14(16)13-10-6-7-11-17-13/h3-5,8-10H,2,6-7,11H2,1H3. The summed E-state index contributed by atoms with van der Waals surface area (Å²) in [4.78, 5) is 14.0. The molecule has 3 heteroatoms. The Hall–Kier alpha value is -1.77. The van der Waals surface area contributed by atoms with Gasteiger partial charge < -0.3 is 9.64 Å². The monoisotopic (exact) mass is 231 g/mol. The van der Waals surface area contributed by atoms with Crippen LogP contribution in [0, 0.1) is 0 Å². The third kappa shape index (κ3) is 2.67. The van der Waals surface area contributed by atoms with E-state index in [1.807, 2.05) is 43.3 Å². The second-order valence-electron chi connectivity index (χ2n) is 3.94. The van der Waals surface area contributed by atoms with Crippen molar-refractivity contribution in [3.8, 4) is 0 Å². The van der Waals surface area contributed by atoms with Crippen LogP contribution >= 0.6 is 0 Å². The van der Waals surface area contributed by atoms with Gasteiger partial charge in [-0.2, -0.15) is 0 Å². The third-order valence-corrected chi connectivity index (χ3v) is 2.78. The van der Waals surface area contributed by atoms with E-state index < -0.39 is 0 Å². The summed E-state index contributed by atoms with van der Waals surface area (Å²) < 4.78 is 5.41. The quantitative estimate of drug-likeness (QED) is 0.800. The van der Waals surface area contributed by atoms with E-state index in [2.05, 4.69) is 0 Å².